The van der Waals surface area contributed by atoms with E-state index in [0.29, 0.717) is 13.0 Å². The molecule has 1 saturated heterocycles. The van der Waals surface area contributed by atoms with E-state index in [-0.39, 0.29) is 11.9 Å². The number of carbonyl (C=O) groups excluding carboxylic acids is 2. The first-order valence-electron chi connectivity index (χ1n) is 6.76. The zero-order valence-electron chi connectivity index (χ0n) is 13.4. The first-order valence-corrected chi connectivity index (χ1v) is 6.76. The van der Waals surface area contributed by atoms with Gasteiger partial charge in [-0.15, -0.1) is 0 Å². The zero-order valence-corrected chi connectivity index (χ0v) is 13.4. The quantitative estimate of drug-likeness (QED) is 0.715. The number of halogens is 3. The predicted octanol–water partition coefficient (Wildman–Crippen LogP) is 0.639. The summed E-state index contributed by atoms with van der Waals surface area (Å²) in [6.07, 6.45) is -3.67. The van der Waals surface area contributed by atoms with E-state index in [1.54, 1.807) is 25.9 Å². The Morgan fingerprint density at radius 2 is 1.91 bits per heavy atom. The lowest BCUT2D eigenvalue weighted by atomic mass is 9.81. The minimum atomic E-state index is -5.08. The van der Waals surface area contributed by atoms with E-state index < -0.39 is 23.6 Å². The van der Waals surface area contributed by atoms with Crippen LogP contribution in [-0.2, 0) is 19.1 Å². The number of carbonyl (C=O) groups is 3. The van der Waals surface area contributed by atoms with Crippen molar-refractivity contribution in [1.82, 2.24) is 10.2 Å². The number of aliphatic carboxylic acids is 1. The number of ether oxygens (including phenoxy) is 1. The molecule has 1 aliphatic heterocycles. The van der Waals surface area contributed by atoms with Crippen molar-refractivity contribution in [3.05, 3.63) is 0 Å². The molecule has 0 bridgehead atoms. The van der Waals surface area contributed by atoms with E-state index >= 15 is 0 Å². The number of nitrogens with zero attached hydrogens (tertiary/aromatic N) is 1. The minimum absolute atomic E-state index is 0.0164. The topological polar surface area (TPSA) is 95.9 Å². The van der Waals surface area contributed by atoms with Gasteiger partial charge in [0.25, 0.3) is 0 Å². The Hall–Kier alpha value is -1.84. The molecule has 0 aromatic rings. The molecular formula is C13H21F3N2O5. The van der Waals surface area contributed by atoms with E-state index in [1.165, 1.54) is 7.11 Å². The van der Waals surface area contributed by atoms with Crippen LogP contribution in [0.15, 0.2) is 0 Å². The number of hydrogen-bond donors (Lipinski definition) is 2. The number of alkyl halides is 3. The van der Waals surface area contributed by atoms with Crippen LogP contribution in [0.2, 0.25) is 0 Å². The van der Waals surface area contributed by atoms with Crippen molar-refractivity contribution < 1.29 is 37.4 Å². The molecule has 1 amide bonds. The van der Waals surface area contributed by atoms with Gasteiger partial charge in [-0.3, -0.25) is 9.59 Å². The summed E-state index contributed by atoms with van der Waals surface area (Å²) in [5, 5.41) is 10.1. The molecule has 1 heterocycles. The number of nitrogens with one attached hydrogen (secondary N) is 1. The molecule has 0 aromatic carbocycles. The maximum atomic E-state index is 12.0. The monoisotopic (exact) mass is 342 g/mol. The van der Waals surface area contributed by atoms with Crippen LogP contribution in [0.4, 0.5) is 13.2 Å². The second kappa shape index (κ2) is 8.14. The summed E-state index contributed by atoms with van der Waals surface area (Å²) in [5.41, 5.74) is -0.878. The highest BCUT2D eigenvalue weighted by Gasteiger charge is 2.48. The number of likely N-dealkylation sites (N-methyl/N-ethyl adjacent to an activating group) is 1. The second-order valence-electron chi connectivity index (χ2n) is 5.10. The van der Waals surface area contributed by atoms with Crippen LogP contribution in [0.25, 0.3) is 0 Å². The van der Waals surface area contributed by atoms with Gasteiger partial charge in [0.2, 0.25) is 5.91 Å². The van der Waals surface area contributed by atoms with Gasteiger partial charge < -0.3 is 20.1 Å². The van der Waals surface area contributed by atoms with Gasteiger partial charge in [0.05, 0.1) is 13.0 Å². The third-order valence-electron chi connectivity index (χ3n) is 3.79. The van der Waals surface area contributed by atoms with Crippen LogP contribution >= 0.6 is 0 Å². The Kier molecular flexibility index (Phi) is 7.49. The van der Waals surface area contributed by atoms with Gasteiger partial charge in [-0.05, 0) is 19.9 Å². The molecule has 0 unspecified atom stereocenters. The Labute approximate surface area is 131 Å². The average molecular weight is 342 g/mol. The molecule has 10 heteroatoms. The molecule has 1 rings (SSSR count). The van der Waals surface area contributed by atoms with Crippen molar-refractivity contribution in [2.45, 2.75) is 31.5 Å². The maximum Gasteiger partial charge on any atom is 0.490 e. The smallest absolute Gasteiger partial charge is 0.475 e. The summed E-state index contributed by atoms with van der Waals surface area (Å²) in [5.74, 6) is -3.53. The fourth-order valence-electron chi connectivity index (χ4n) is 2.37. The Morgan fingerprint density at radius 3 is 2.26 bits per heavy atom. The van der Waals surface area contributed by atoms with Crippen molar-refractivity contribution in [3.8, 4) is 0 Å². The Morgan fingerprint density at radius 1 is 1.43 bits per heavy atom. The highest BCUT2D eigenvalue weighted by atomic mass is 19.4. The fourth-order valence-corrected chi connectivity index (χ4v) is 2.37. The molecule has 1 aliphatic rings. The van der Waals surface area contributed by atoms with Crippen LogP contribution in [0, 0.1) is 5.92 Å². The summed E-state index contributed by atoms with van der Waals surface area (Å²) in [4.78, 5) is 34.5. The lowest BCUT2D eigenvalue weighted by Gasteiger charge is -2.34. The lowest BCUT2D eigenvalue weighted by molar-refractivity contribution is -0.192. The number of likely N-dealkylation sites (tertiary alicyclic amines) is 1. The van der Waals surface area contributed by atoms with Crippen LogP contribution in [-0.4, -0.2) is 67.3 Å². The van der Waals surface area contributed by atoms with Crippen molar-refractivity contribution in [1.29, 1.82) is 0 Å². The van der Waals surface area contributed by atoms with Crippen molar-refractivity contribution in [2.75, 3.05) is 27.7 Å². The number of carboxylic acid groups (broad SMARTS) is 1. The largest absolute Gasteiger partial charge is 0.490 e. The normalized spacial score (nSPS) is 25.1. The van der Waals surface area contributed by atoms with E-state index in [2.05, 4.69) is 5.32 Å². The first-order chi connectivity index (χ1) is 10.4. The molecule has 0 saturated carbocycles. The molecule has 23 heavy (non-hydrogen) atoms. The summed E-state index contributed by atoms with van der Waals surface area (Å²) < 4.78 is 36.6. The zero-order chi connectivity index (χ0) is 18.4. The summed E-state index contributed by atoms with van der Waals surface area (Å²) in [6.45, 7) is 2.46. The van der Waals surface area contributed by atoms with Crippen LogP contribution in [0.3, 0.4) is 0 Å². The number of carboxylic acids is 1. The predicted molar refractivity (Wildman–Crippen MR) is 73.5 cm³/mol. The van der Waals surface area contributed by atoms with Crippen LogP contribution < -0.4 is 5.32 Å². The van der Waals surface area contributed by atoms with Gasteiger partial charge in [0.15, 0.2) is 0 Å². The molecule has 2 N–H and O–H groups in total. The molecule has 0 aliphatic carbocycles. The molecule has 0 radical (unpaired) electrons. The third-order valence-corrected chi connectivity index (χ3v) is 3.79. The molecule has 2 atom stereocenters. The molecular weight excluding hydrogens is 321 g/mol. The fraction of sp³-hybridized carbons (Fsp3) is 0.769. The Balaban J connectivity index is 0.000000585. The summed E-state index contributed by atoms with van der Waals surface area (Å²) in [7, 11) is 4.82. The molecule has 1 fully saturated rings. The minimum Gasteiger partial charge on any atom is -0.475 e. The standard InChI is InChI=1S/C11H20N2O3.C2HF3O2/c1-8-9(14)13(3)7-5-6-11(8,12-2)10(15)16-4;3-2(4,5)1(6)7/h8,12H,5-7H2,1-4H3;(H,6,7)/t8-,11+;/m1./s1. The van der Waals surface area contributed by atoms with Gasteiger partial charge in [-0.25, -0.2) is 4.79 Å². The molecule has 7 nitrogen and oxygen atoms in total. The van der Waals surface area contributed by atoms with E-state index in [1.807, 2.05) is 0 Å². The van der Waals surface area contributed by atoms with E-state index in [9.17, 15) is 22.8 Å². The van der Waals surface area contributed by atoms with Gasteiger partial charge in [0.1, 0.15) is 5.54 Å². The number of esters is 1. The second-order valence-corrected chi connectivity index (χ2v) is 5.10. The summed E-state index contributed by atoms with van der Waals surface area (Å²) >= 11 is 0. The number of hydrogen-bond acceptors (Lipinski definition) is 5. The van der Waals surface area contributed by atoms with Gasteiger partial charge >= 0.3 is 18.1 Å². The van der Waals surface area contributed by atoms with Crippen molar-refractivity contribution in [2.24, 2.45) is 5.92 Å². The van der Waals surface area contributed by atoms with E-state index in [0.717, 1.165) is 6.42 Å². The number of amides is 1. The summed E-state index contributed by atoms with van der Waals surface area (Å²) in [6, 6.07) is 0. The van der Waals surface area contributed by atoms with Crippen molar-refractivity contribution in [3.63, 3.8) is 0 Å². The SMILES string of the molecule is CN[C@@]1(C(=O)OC)CCCN(C)C(=O)[C@H]1C.O=C(O)C(F)(F)F. The third kappa shape index (κ3) is 5.08. The van der Waals surface area contributed by atoms with Crippen LogP contribution in [0.5, 0.6) is 0 Å². The highest BCUT2D eigenvalue weighted by molar-refractivity contribution is 5.91. The maximum absolute atomic E-state index is 12.0. The average Bonchev–Trinajstić information content (AvgIpc) is 2.58. The van der Waals surface area contributed by atoms with Crippen LogP contribution in [0.1, 0.15) is 19.8 Å². The van der Waals surface area contributed by atoms with Gasteiger partial charge in [-0.1, -0.05) is 6.92 Å². The highest BCUT2D eigenvalue weighted by Crippen LogP contribution is 2.29. The Bertz CT molecular complexity index is 453. The van der Waals surface area contributed by atoms with E-state index in [4.69, 9.17) is 14.6 Å². The first kappa shape index (κ1) is 21.2. The number of methoxy groups -OCH3 is 1. The molecule has 134 valence electrons. The van der Waals surface area contributed by atoms with Gasteiger partial charge in [-0.2, -0.15) is 13.2 Å². The number of rotatable bonds is 2. The van der Waals surface area contributed by atoms with Gasteiger partial charge in [0, 0.05) is 13.6 Å². The molecule has 0 aromatic heterocycles. The van der Waals surface area contributed by atoms with Crippen molar-refractivity contribution >= 4 is 17.8 Å². The lowest BCUT2D eigenvalue weighted by Crippen LogP contribution is -2.58. The molecule has 0 spiro atoms.